The van der Waals surface area contributed by atoms with Crippen molar-refractivity contribution in [2.75, 3.05) is 51.7 Å². The van der Waals surface area contributed by atoms with Crippen LogP contribution in [0.15, 0.2) is 0 Å². The fourth-order valence-corrected chi connectivity index (χ4v) is 3.10. The minimum atomic E-state index is -0.0726. The quantitative estimate of drug-likeness (QED) is 0.771. The van der Waals surface area contributed by atoms with Gasteiger partial charge in [0.25, 0.3) is 5.24 Å². The summed E-state index contributed by atoms with van der Waals surface area (Å²) in [4.78, 5) is 27.1. The highest BCUT2D eigenvalue weighted by atomic mass is 32.2. The molecule has 2 saturated heterocycles. The number of rotatable bonds is 5. The van der Waals surface area contributed by atoms with Crippen molar-refractivity contribution in [3.05, 3.63) is 0 Å². The van der Waals surface area contributed by atoms with E-state index < -0.39 is 0 Å². The molecule has 0 aromatic carbocycles. The van der Waals surface area contributed by atoms with Gasteiger partial charge in [-0.2, -0.15) is 0 Å². The monoisotopic (exact) mass is 287 g/mol. The van der Waals surface area contributed by atoms with Crippen molar-refractivity contribution in [3.63, 3.8) is 0 Å². The Balaban J connectivity index is 1.67. The van der Waals surface area contributed by atoms with Gasteiger partial charge in [0.15, 0.2) is 0 Å². The summed E-state index contributed by atoms with van der Waals surface area (Å²) in [6, 6.07) is 0.0935. The third-order valence-electron chi connectivity index (χ3n) is 3.22. The first-order chi connectivity index (χ1) is 9.15. The van der Waals surface area contributed by atoms with Gasteiger partial charge in [-0.25, -0.2) is 0 Å². The predicted molar refractivity (Wildman–Crippen MR) is 74.3 cm³/mol. The van der Waals surface area contributed by atoms with Crippen LogP contribution in [0.2, 0.25) is 0 Å². The van der Waals surface area contributed by atoms with E-state index in [1.54, 1.807) is 4.90 Å². The van der Waals surface area contributed by atoms with Crippen LogP contribution in [0.3, 0.4) is 0 Å². The lowest BCUT2D eigenvalue weighted by Gasteiger charge is -2.29. The van der Waals surface area contributed by atoms with E-state index >= 15 is 0 Å². The molecule has 1 N–H and O–H groups in total. The molecule has 19 heavy (non-hydrogen) atoms. The second-order valence-electron chi connectivity index (χ2n) is 4.92. The molecule has 0 spiro atoms. The number of carbonyl (C=O) groups is 2. The van der Waals surface area contributed by atoms with Crippen LogP contribution < -0.4 is 5.32 Å². The predicted octanol–water partition coefficient (Wildman–Crippen LogP) is -0.00790. The van der Waals surface area contributed by atoms with Crippen molar-refractivity contribution in [3.8, 4) is 0 Å². The second kappa shape index (κ2) is 7.12. The third-order valence-corrected chi connectivity index (χ3v) is 4.11. The molecule has 7 heteroatoms. The van der Waals surface area contributed by atoms with Gasteiger partial charge in [-0.15, -0.1) is 0 Å². The zero-order chi connectivity index (χ0) is 13.7. The first-order valence-corrected chi connectivity index (χ1v) is 7.65. The Morgan fingerprint density at radius 2 is 2.16 bits per heavy atom. The molecule has 0 saturated carbocycles. The van der Waals surface area contributed by atoms with E-state index in [0.717, 1.165) is 38.6 Å². The number of carbonyl (C=O) groups excluding carboxylic acids is 2. The first kappa shape index (κ1) is 14.6. The van der Waals surface area contributed by atoms with Gasteiger partial charge in [0.05, 0.1) is 13.2 Å². The van der Waals surface area contributed by atoms with Gasteiger partial charge in [-0.1, -0.05) is 11.8 Å². The lowest BCUT2D eigenvalue weighted by Crippen LogP contribution is -2.48. The summed E-state index contributed by atoms with van der Waals surface area (Å²) in [5.41, 5.74) is 0. The van der Waals surface area contributed by atoms with E-state index in [2.05, 4.69) is 10.2 Å². The van der Waals surface area contributed by atoms with Crippen LogP contribution in [-0.2, 0) is 9.53 Å². The highest BCUT2D eigenvalue weighted by molar-refractivity contribution is 8.13. The Hall–Kier alpha value is -0.790. The molecule has 2 amide bonds. The Bertz CT molecular complexity index is 334. The van der Waals surface area contributed by atoms with Gasteiger partial charge in [0.1, 0.15) is 6.54 Å². The largest absolute Gasteiger partial charge is 0.379 e. The second-order valence-corrected chi connectivity index (χ2v) is 5.96. The number of nitrogens with zero attached hydrogens (tertiary/aromatic N) is 2. The summed E-state index contributed by atoms with van der Waals surface area (Å²) in [5, 5.41) is 2.96. The third kappa shape index (κ3) is 4.67. The molecule has 2 fully saturated rings. The normalized spacial score (nSPS) is 22.6. The molecule has 2 rings (SSSR count). The molecule has 6 nitrogen and oxygen atoms in total. The molecule has 2 heterocycles. The summed E-state index contributed by atoms with van der Waals surface area (Å²) >= 11 is 1.28. The number of hydrogen-bond acceptors (Lipinski definition) is 5. The van der Waals surface area contributed by atoms with E-state index in [9.17, 15) is 9.59 Å². The Morgan fingerprint density at radius 1 is 1.42 bits per heavy atom. The molecule has 108 valence electrons. The first-order valence-electron chi connectivity index (χ1n) is 6.66. The van der Waals surface area contributed by atoms with Crippen molar-refractivity contribution in [2.24, 2.45) is 0 Å². The number of amides is 2. The summed E-state index contributed by atoms with van der Waals surface area (Å²) < 4.78 is 5.29. The van der Waals surface area contributed by atoms with Crippen LogP contribution in [0.1, 0.15) is 6.92 Å². The molecule has 0 bridgehead atoms. The summed E-state index contributed by atoms with van der Waals surface area (Å²) in [5.74, 6) is 0.715. The van der Waals surface area contributed by atoms with E-state index in [-0.39, 0.29) is 23.7 Å². The Labute approximate surface area is 117 Å². The molecule has 0 radical (unpaired) electrons. The van der Waals surface area contributed by atoms with E-state index in [1.807, 2.05) is 6.92 Å². The molecular formula is C12H21N3O3S. The molecule has 2 aliphatic heterocycles. The van der Waals surface area contributed by atoms with Gasteiger partial charge in [-0.3, -0.25) is 14.5 Å². The lowest BCUT2D eigenvalue weighted by atomic mass is 10.3. The maximum atomic E-state index is 11.8. The number of nitrogens with one attached hydrogen (secondary N) is 1. The molecule has 0 aromatic heterocycles. The summed E-state index contributed by atoms with van der Waals surface area (Å²) in [7, 11) is 0. The number of morpholine rings is 1. The van der Waals surface area contributed by atoms with Gasteiger partial charge in [0.2, 0.25) is 5.91 Å². The van der Waals surface area contributed by atoms with Crippen molar-refractivity contribution < 1.29 is 14.3 Å². The average molecular weight is 287 g/mol. The standard InChI is InChI=1S/C12H21N3O3S/c1-10(8-14-2-5-18-6-3-14)13-11(16)9-15-4-7-19-12(15)17/h10H,2-9H2,1H3,(H,13,16)/t10-/m1/s1. The van der Waals surface area contributed by atoms with Gasteiger partial charge in [0, 0.05) is 38.0 Å². The number of thioether (sulfide) groups is 1. The Morgan fingerprint density at radius 3 is 2.79 bits per heavy atom. The van der Waals surface area contributed by atoms with E-state index in [0.29, 0.717) is 6.54 Å². The van der Waals surface area contributed by atoms with Crippen molar-refractivity contribution in [1.82, 2.24) is 15.1 Å². The lowest BCUT2D eigenvalue weighted by molar-refractivity contribution is -0.122. The minimum absolute atomic E-state index is 0.0102. The number of hydrogen-bond donors (Lipinski definition) is 1. The van der Waals surface area contributed by atoms with Crippen LogP contribution in [0.5, 0.6) is 0 Å². The van der Waals surface area contributed by atoms with Crippen molar-refractivity contribution in [1.29, 1.82) is 0 Å². The number of ether oxygens (including phenoxy) is 1. The van der Waals surface area contributed by atoms with Crippen LogP contribution >= 0.6 is 11.8 Å². The maximum Gasteiger partial charge on any atom is 0.282 e. The van der Waals surface area contributed by atoms with Crippen LogP contribution in [-0.4, -0.2) is 78.7 Å². The maximum absolute atomic E-state index is 11.8. The zero-order valence-electron chi connectivity index (χ0n) is 11.3. The molecule has 0 unspecified atom stereocenters. The smallest absolute Gasteiger partial charge is 0.282 e. The van der Waals surface area contributed by atoms with E-state index in [1.165, 1.54) is 11.8 Å². The van der Waals surface area contributed by atoms with Crippen LogP contribution in [0, 0.1) is 0 Å². The molecular weight excluding hydrogens is 266 g/mol. The van der Waals surface area contributed by atoms with E-state index in [4.69, 9.17) is 4.74 Å². The zero-order valence-corrected chi connectivity index (χ0v) is 12.1. The average Bonchev–Trinajstić information content (AvgIpc) is 2.76. The van der Waals surface area contributed by atoms with Crippen LogP contribution in [0.4, 0.5) is 4.79 Å². The van der Waals surface area contributed by atoms with Crippen molar-refractivity contribution in [2.45, 2.75) is 13.0 Å². The molecule has 0 aliphatic carbocycles. The molecule has 1 atom stereocenters. The highest BCUT2D eigenvalue weighted by Crippen LogP contribution is 2.16. The summed E-state index contributed by atoms with van der Waals surface area (Å²) in [6.07, 6.45) is 0. The van der Waals surface area contributed by atoms with Crippen LogP contribution in [0.25, 0.3) is 0 Å². The van der Waals surface area contributed by atoms with Gasteiger partial charge < -0.3 is 15.0 Å². The fourth-order valence-electron chi connectivity index (χ4n) is 2.28. The minimum Gasteiger partial charge on any atom is -0.379 e. The van der Waals surface area contributed by atoms with Gasteiger partial charge >= 0.3 is 0 Å². The van der Waals surface area contributed by atoms with Crippen molar-refractivity contribution >= 4 is 22.9 Å². The highest BCUT2D eigenvalue weighted by Gasteiger charge is 2.24. The Kier molecular flexibility index (Phi) is 5.47. The molecule has 0 aromatic rings. The SMILES string of the molecule is C[C@H](CN1CCOCC1)NC(=O)CN1CCSC1=O. The fraction of sp³-hybridized carbons (Fsp3) is 0.833. The molecule has 2 aliphatic rings. The summed E-state index contributed by atoms with van der Waals surface area (Å²) in [6.45, 7) is 7.04. The van der Waals surface area contributed by atoms with Gasteiger partial charge in [-0.05, 0) is 6.92 Å². The topological polar surface area (TPSA) is 61.9 Å².